The molecule has 2 aliphatic rings. The lowest BCUT2D eigenvalue weighted by molar-refractivity contribution is -0.130. The first kappa shape index (κ1) is 16.2. The number of hydrogen-bond acceptors (Lipinski definition) is 2. The van der Waals surface area contributed by atoms with E-state index in [0.717, 1.165) is 35.7 Å². The molecule has 0 aliphatic carbocycles. The first-order valence-corrected chi connectivity index (χ1v) is 9.17. The summed E-state index contributed by atoms with van der Waals surface area (Å²) < 4.78 is 0. The number of amides is 1. The summed E-state index contributed by atoms with van der Waals surface area (Å²) in [5, 5.41) is 4.30. The summed E-state index contributed by atoms with van der Waals surface area (Å²) in [6, 6.07) is 16.5. The number of likely N-dealkylation sites (tertiary alicyclic amines) is 1. The highest BCUT2D eigenvalue weighted by molar-refractivity contribution is 6.30. The number of hydrogen-bond donors (Lipinski definition) is 1. The molecule has 0 aromatic heterocycles. The van der Waals surface area contributed by atoms with Crippen molar-refractivity contribution in [2.75, 3.05) is 11.9 Å². The van der Waals surface area contributed by atoms with Crippen LogP contribution in [0.2, 0.25) is 5.02 Å². The first-order valence-electron chi connectivity index (χ1n) is 8.79. The van der Waals surface area contributed by atoms with Gasteiger partial charge in [0.1, 0.15) is 0 Å². The Hall–Kier alpha value is -2.26. The van der Waals surface area contributed by atoms with Gasteiger partial charge in [-0.1, -0.05) is 54.1 Å². The van der Waals surface area contributed by atoms with E-state index in [0.29, 0.717) is 6.42 Å². The third-order valence-corrected chi connectivity index (χ3v) is 5.23. The quantitative estimate of drug-likeness (QED) is 0.852. The van der Waals surface area contributed by atoms with E-state index >= 15 is 0 Å². The van der Waals surface area contributed by atoms with E-state index in [1.807, 2.05) is 41.3 Å². The highest BCUT2D eigenvalue weighted by atomic mass is 35.5. The van der Waals surface area contributed by atoms with E-state index in [4.69, 9.17) is 11.6 Å². The Morgan fingerprint density at radius 1 is 1.16 bits per heavy atom. The normalized spacial score (nSPS) is 22.9. The zero-order chi connectivity index (χ0) is 17.2. The average Bonchev–Trinajstić information content (AvgIpc) is 3.06. The van der Waals surface area contributed by atoms with Gasteiger partial charge in [0.15, 0.2) is 0 Å². The summed E-state index contributed by atoms with van der Waals surface area (Å²) >= 11 is 6.22. The summed E-state index contributed by atoms with van der Waals surface area (Å²) in [5.74, 6) is 0.253. The third kappa shape index (κ3) is 3.42. The maximum absolute atomic E-state index is 12.3. The zero-order valence-corrected chi connectivity index (χ0v) is 14.7. The Morgan fingerprint density at radius 3 is 2.76 bits per heavy atom. The van der Waals surface area contributed by atoms with Gasteiger partial charge < -0.3 is 10.2 Å². The maximum atomic E-state index is 12.3. The van der Waals surface area contributed by atoms with Crippen molar-refractivity contribution in [1.82, 2.24) is 4.90 Å². The molecule has 4 heteroatoms. The van der Waals surface area contributed by atoms with Crippen LogP contribution < -0.4 is 5.32 Å². The highest BCUT2D eigenvalue weighted by Gasteiger charge is 2.34. The smallest absolute Gasteiger partial charge is 0.223 e. The largest absolute Gasteiger partial charge is 0.378 e. The van der Waals surface area contributed by atoms with Gasteiger partial charge in [-0.2, -0.15) is 0 Å². The van der Waals surface area contributed by atoms with Gasteiger partial charge in [0.05, 0.1) is 6.04 Å². The molecular formula is C21H21ClN2O. The van der Waals surface area contributed by atoms with Gasteiger partial charge in [0, 0.05) is 29.7 Å². The maximum Gasteiger partial charge on any atom is 0.223 e. The topological polar surface area (TPSA) is 32.3 Å². The van der Waals surface area contributed by atoms with Crippen LogP contribution in [0, 0.1) is 0 Å². The van der Waals surface area contributed by atoms with Crippen molar-refractivity contribution in [3.8, 4) is 0 Å². The van der Waals surface area contributed by atoms with Crippen molar-refractivity contribution in [2.45, 2.75) is 31.3 Å². The fourth-order valence-corrected chi connectivity index (χ4v) is 3.96. The number of fused-ring (bicyclic) bond motifs is 1. The highest BCUT2D eigenvalue weighted by Crippen LogP contribution is 2.40. The van der Waals surface area contributed by atoms with Crippen molar-refractivity contribution in [1.29, 1.82) is 0 Å². The predicted molar refractivity (Wildman–Crippen MR) is 103 cm³/mol. The Morgan fingerprint density at radius 2 is 2.00 bits per heavy atom. The van der Waals surface area contributed by atoms with Crippen LogP contribution in [0.15, 0.2) is 54.6 Å². The zero-order valence-electron chi connectivity index (χ0n) is 14.0. The lowest BCUT2D eigenvalue weighted by Crippen LogP contribution is -2.37. The molecule has 4 rings (SSSR count). The molecule has 0 spiro atoms. The molecule has 1 fully saturated rings. The van der Waals surface area contributed by atoms with Gasteiger partial charge in [0.2, 0.25) is 5.91 Å². The fourth-order valence-electron chi connectivity index (χ4n) is 3.78. The minimum Gasteiger partial charge on any atom is -0.378 e. The molecule has 0 unspecified atom stereocenters. The number of halogens is 1. The van der Waals surface area contributed by atoms with Crippen LogP contribution in [0.4, 0.5) is 5.69 Å². The molecule has 128 valence electrons. The second-order valence-corrected chi connectivity index (χ2v) is 7.13. The lowest BCUT2D eigenvalue weighted by Gasteiger charge is -2.37. The number of nitrogens with zero attached hydrogens (tertiary/aromatic N) is 1. The van der Waals surface area contributed by atoms with Crippen LogP contribution in [0.3, 0.4) is 0 Å². The molecule has 2 aromatic rings. The van der Waals surface area contributed by atoms with Crippen LogP contribution in [-0.2, 0) is 4.79 Å². The van der Waals surface area contributed by atoms with Gasteiger partial charge >= 0.3 is 0 Å². The Labute approximate surface area is 153 Å². The molecule has 1 saturated heterocycles. The van der Waals surface area contributed by atoms with Crippen molar-refractivity contribution >= 4 is 29.3 Å². The number of nitrogens with one attached hydrogen (secondary N) is 1. The molecule has 3 nitrogen and oxygen atoms in total. The standard InChI is InChI=1S/C21H21ClN2O/c22-16-9-11-19-18(13-16)20(24-12-4-7-21(24)25)14-17(23-19)10-8-15-5-2-1-3-6-15/h1-3,5-6,8-11,13,17,20,23H,4,7,12,14H2/b10-8+/t17-,20+/m1/s1. The molecule has 0 bridgehead atoms. The van der Waals surface area contributed by atoms with E-state index in [2.05, 4.69) is 29.6 Å². The van der Waals surface area contributed by atoms with Crippen LogP contribution in [0.25, 0.3) is 6.08 Å². The SMILES string of the molecule is O=C1CCCN1[C@H]1C[C@@H](/C=C/c2ccccc2)Nc2ccc(Cl)cc21. The lowest BCUT2D eigenvalue weighted by atomic mass is 9.91. The average molecular weight is 353 g/mol. The van der Waals surface area contributed by atoms with Crippen LogP contribution in [0.1, 0.15) is 36.4 Å². The molecule has 2 aromatic carbocycles. The Balaban J connectivity index is 1.63. The van der Waals surface area contributed by atoms with Gasteiger partial charge in [-0.15, -0.1) is 0 Å². The second kappa shape index (κ2) is 6.93. The van der Waals surface area contributed by atoms with Gasteiger partial charge in [0.25, 0.3) is 0 Å². The van der Waals surface area contributed by atoms with E-state index < -0.39 is 0 Å². The Bertz CT molecular complexity index is 803. The second-order valence-electron chi connectivity index (χ2n) is 6.69. The number of rotatable bonds is 3. The molecule has 2 atom stereocenters. The molecular weight excluding hydrogens is 332 g/mol. The van der Waals surface area contributed by atoms with Crippen molar-refractivity contribution in [2.24, 2.45) is 0 Å². The predicted octanol–water partition coefficient (Wildman–Crippen LogP) is 4.90. The molecule has 25 heavy (non-hydrogen) atoms. The van der Waals surface area contributed by atoms with E-state index in [1.165, 1.54) is 5.56 Å². The van der Waals surface area contributed by atoms with Gasteiger partial charge in [-0.3, -0.25) is 4.79 Å². The van der Waals surface area contributed by atoms with E-state index in [9.17, 15) is 4.79 Å². The summed E-state index contributed by atoms with van der Waals surface area (Å²) in [5.41, 5.74) is 3.38. The van der Waals surface area contributed by atoms with Crippen molar-refractivity contribution < 1.29 is 4.79 Å². The molecule has 0 radical (unpaired) electrons. The van der Waals surface area contributed by atoms with E-state index in [-0.39, 0.29) is 18.0 Å². The Kier molecular flexibility index (Phi) is 4.50. The molecule has 2 aliphatic heterocycles. The van der Waals surface area contributed by atoms with E-state index in [1.54, 1.807) is 0 Å². The third-order valence-electron chi connectivity index (χ3n) is 5.00. The number of carbonyl (C=O) groups is 1. The summed E-state index contributed by atoms with van der Waals surface area (Å²) in [6.07, 6.45) is 6.80. The van der Waals surface area contributed by atoms with Crippen LogP contribution >= 0.6 is 11.6 Å². The minimum absolute atomic E-state index is 0.0929. The molecule has 0 saturated carbocycles. The molecule has 2 heterocycles. The van der Waals surface area contributed by atoms with Crippen LogP contribution in [0.5, 0.6) is 0 Å². The van der Waals surface area contributed by atoms with Crippen molar-refractivity contribution in [3.05, 3.63) is 70.8 Å². The summed E-state index contributed by atoms with van der Waals surface area (Å²) in [6.45, 7) is 0.838. The number of anilines is 1. The monoisotopic (exact) mass is 352 g/mol. The number of carbonyl (C=O) groups excluding carboxylic acids is 1. The number of benzene rings is 2. The molecule has 1 amide bonds. The summed E-state index contributed by atoms with van der Waals surface area (Å²) in [4.78, 5) is 14.3. The first-order chi connectivity index (χ1) is 12.2. The minimum atomic E-state index is 0.0929. The van der Waals surface area contributed by atoms with Crippen molar-refractivity contribution in [3.63, 3.8) is 0 Å². The molecule has 1 N–H and O–H groups in total. The van der Waals surface area contributed by atoms with Gasteiger partial charge in [-0.05, 0) is 42.2 Å². The van der Waals surface area contributed by atoms with Gasteiger partial charge in [-0.25, -0.2) is 0 Å². The van der Waals surface area contributed by atoms with Crippen LogP contribution in [-0.4, -0.2) is 23.4 Å². The fraction of sp³-hybridized carbons (Fsp3) is 0.286. The summed E-state index contributed by atoms with van der Waals surface area (Å²) in [7, 11) is 0.